The zero-order valence-corrected chi connectivity index (χ0v) is 44.3. The molecular formula is C48H81N9O15. The van der Waals surface area contributed by atoms with Gasteiger partial charge in [-0.3, -0.25) is 0 Å². The molecule has 0 aliphatic heterocycles. The van der Waals surface area contributed by atoms with Gasteiger partial charge < -0.3 is 61.6 Å². The highest BCUT2D eigenvalue weighted by molar-refractivity contribution is 5.69. The van der Waals surface area contributed by atoms with Crippen LogP contribution >= 0.6 is 0 Å². The van der Waals surface area contributed by atoms with Crippen LogP contribution in [0.25, 0.3) is 0 Å². The summed E-state index contributed by atoms with van der Waals surface area (Å²) in [4.78, 5) is 118. The molecule has 6 amide bonds. The van der Waals surface area contributed by atoms with Crippen LogP contribution in [-0.2, 0) is 48.1 Å². The van der Waals surface area contributed by atoms with E-state index in [9.17, 15) is 28.8 Å². The maximum absolute atomic E-state index is 15.1. The van der Waals surface area contributed by atoms with Crippen molar-refractivity contribution in [3.8, 4) is 0 Å². The maximum Gasteiger partial charge on any atom is 0.407 e. The molecule has 1 aromatic heterocycles. The van der Waals surface area contributed by atoms with Crippen molar-refractivity contribution in [2.45, 2.75) is 197 Å². The van der Waals surface area contributed by atoms with Crippen molar-refractivity contribution in [1.82, 2.24) is 29.7 Å². The van der Waals surface area contributed by atoms with Gasteiger partial charge in [-0.05, 0) is 111 Å². The Balaban J connectivity index is 1.76. The number of carbonyl (C=O) groups excluding carboxylic acids is 6. The molecule has 1 heterocycles. The van der Waals surface area contributed by atoms with E-state index in [2.05, 4.69) is 16.0 Å². The molecule has 3 fully saturated rings. The van der Waals surface area contributed by atoms with Gasteiger partial charge >= 0.3 is 53.6 Å². The van der Waals surface area contributed by atoms with Crippen LogP contribution in [0.15, 0.2) is 14.4 Å². The van der Waals surface area contributed by atoms with Gasteiger partial charge in [0.1, 0.15) is 38.1 Å². The second-order valence-electron chi connectivity index (χ2n) is 24.3. The summed E-state index contributed by atoms with van der Waals surface area (Å²) >= 11 is 0. The molecule has 3 saturated carbocycles. The molecular weight excluding hydrogens is 943 g/mol. The molecule has 3 aliphatic carbocycles. The van der Waals surface area contributed by atoms with E-state index in [4.69, 9.17) is 45.6 Å². The Morgan fingerprint density at radius 3 is 0.889 bits per heavy atom. The Morgan fingerprint density at radius 2 is 0.681 bits per heavy atom. The third kappa shape index (κ3) is 17.7. The Morgan fingerprint density at radius 1 is 0.458 bits per heavy atom. The quantitative estimate of drug-likeness (QED) is 0.110. The van der Waals surface area contributed by atoms with Crippen molar-refractivity contribution >= 4 is 36.6 Å². The summed E-state index contributed by atoms with van der Waals surface area (Å²) in [6.45, 7) is 21.5. The lowest BCUT2D eigenvalue weighted by molar-refractivity contribution is 0.0289. The zero-order valence-electron chi connectivity index (χ0n) is 44.3. The fourth-order valence-corrected chi connectivity index (χ4v) is 12.7. The molecule has 9 atom stereocenters. The molecule has 24 heteroatoms. The molecule has 3 aliphatic rings. The lowest BCUT2D eigenvalue weighted by Gasteiger charge is -2.48. The van der Waals surface area contributed by atoms with E-state index in [0.29, 0.717) is 57.8 Å². The minimum atomic E-state index is -1.01. The largest absolute Gasteiger partial charge is 0.446 e. The standard InChI is InChI=1S/C48H81N9O15/c1-28(19-67-34(49)58)70-37(61)52-31-13-43(4,5)22-46(10,16-31)25-55-40(64)56(26-47(11)17-32(14-44(6,7)23-47)53-38(62)71-29(2)20-68-35(50)59)42(66)57(41(55)65)27-48(12)18-33(15-45(8,9)24-48)54-39(63)72-30(3)21-69-36(51)60/h28-33H,13-27H2,1-12H3,(H2,49,58)(H2,50,59)(H2,51,60)(H,52,61)(H,53,62)(H,54,63). The summed E-state index contributed by atoms with van der Waals surface area (Å²) < 4.78 is 34.0. The van der Waals surface area contributed by atoms with Crippen molar-refractivity contribution in [3.63, 3.8) is 0 Å². The average Bonchev–Trinajstić information content (AvgIpc) is 3.18. The Bertz CT molecular complexity index is 2060. The number of nitrogens with two attached hydrogens (primary N) is 3. The van der Waals surface area contributed by atoms with E-state index in [-0.39, 0.29) is 39.5 Å². The van der Waals surface area contributed by atoms with E-state index in [1.165, 1.54) is 0 Å². The highest BCUT2D eigenvalue weighted by atomic mass is 16.6. The van der Waals surface area contributed by atoms with Crippen LogP contribution in [-0.4, -0.2) is 107 Å². The number of aromatic nitrogens is 3. The van der Waals surface area contributed by atoms with Gasteiger partial charge in [-0.1, -0.05) is 62.3 Å². The molecule has 0 saturated heterocycles. The van der Waals surface area contributed by atoms with Crippen LogP contribution < -0.4 is 50.2 Å². The van der Waals surface area contributed by atoms with E-state index in [1.54, 1.807) is 20.8 Å². The van der Waals surface area contributed by atoms with Crippen molar-refractivity contribution < 1.29 is 57.2 Å². The topological polar surface area (TPSA) is 338 Å². The predicted octanol–water partition coefficient (Wildman–Crippen LogP) is 4.56. The fourth-order valence-electron chi connectivity index (χ4n) is 12.7. The first-order valence-electron chi connectivity index (χ1n) is 24.6. The molecule has 4 rings (SSSR count). The average molecular weight is 1020 g/mol. The molecule has 408 valence electrons. The molecule has 1 aromatic rings. The predicted molar refractivity (Wildman–Crippen MR) is 262 cm³/mol. The van der Waals surface area contributed by atoms with Gasteiger partial charge in [0.25, 0.3) is 0 Å². The number of nitrogens with zero attached hydrogens (tertiary/aromatic N) is 3. The maximum atomic E-state index is 15.1. The minimum absolute atomic E-state index is 0.115. The van der Waals surface area contributed by atoms with Gasteiger partial charge in [-0.25, -0.2) is 56.9 Å². The first-order chi connectivity index (χ1) is 33.0. The second kappa shape index (κ2) is 22.8. The monoisotopic (exact) mass is 1020 g/mol. The first kappa shape index (κ1) is 58.6. The fraction of sp³-hybridized carbons (Fsp3) is 0.812. The summed E-state index contributed by atoms with van der Waals surface area (Å²) in [7, 11) is 0. The van der Waals surface area contributed by atoms with Gasteiger partial charge in [0.2, 0.25) is 0 Å². The molecule has 9 unspecified atom stereocenters. The van der Waals surface area contributed by atoms with E-state index < -0.39 is 123 Å². The highest BCUT2D eigenvalue weighted by Gasteiger charge is 2.47. The number of ether oxygens (including phenoxy) is 6. The summed E-state index contributed by atoms with van der Waals surface area (Å²) in [6.07, 6.45) is -3.48. The molecule has 24 nitrogen and oxygen atoms in total. The zero-order chi connectivity index (χ0) is 54.4. The van der Waals surface area contributed by atoms with Gasteiger partial charge in [-0.15, -0.1) is 0 Å². The lowest BCUT2D eigenvalue weighted by atomic mass is 9.62. The molecule has 0 spiro atoms. The normalized spacial score (nSPS) is 27.6. The third-order valence-corrected chi connectivity index (χ3v) is 13.6. The van der Waals surface area contributed by atoms with Crippen LogP contribution in [0.2, 0.25) is 0 Å². The molecule has 72 heavy (non-hydrogen) atoms. The van der Waals surface area contributed by atoms with Crippen LogP contribution in [0.1, 0.15) is 141 Å². The van der Waals surface area contributed by atoms with Crippen molar-refractivity contribution in [3.05, 3.63) is 31.5 Å². The number of hydrogen-bond acceptors (Lipinski definition) is 15. The van der Waals surface area contributed by atoms with E-state index >= 15 is 14.4 Å². The summed E-state index contributed by atoms with van der Waals surface area (Å²) in [5.74, 6) is 0. The van der Waals surface area contributed by atoms with Gasteiger partial charge in [0.05, 0.1) is 0 Å². The van der Waals surface area contributed by atoms with Gasteiger partial charge in [0, 0.05) is 37.8 Å². The minimum Gasteiger partial charge on any atom is -0.446 e. The Kier molecular flexibility index (Phi) is 18.6. The van der Waals surface area contributed by atoms with Crippen LogP contribution in [0.4, 0.5) is 28.8 Å². The number of primary amides is 3. The van der Waals surface area contributed by atoms with Crippen molar-refractivity contribution in [1.29, 1.82) is 0 Å². The molecule has 9 N–H and O–H groups in total. The number of amides is 6. The number of alkyl carbamates (subject to hydrolysis) is 3. The Labute approximate surface area is 420 Å². The molecule has 0 bridgehead atoms. The SMILES string of the molecule is CC(COC(N)=O)OC(=O)NC1CC(C)(C)CC(C)(Cn2c(=O)n(CC3(C)CC(NC(=O)OC(C)COC(N)=O)CC(C)(C)C3)c(=O)n(CC3(C)CC(NC(=O)OC(C)COC(N)=O)CC(C)(C)C3)c2=O)C1. The first-order valence-corrected chi connectivity index (χ1v) is 24.6. The van der Waals surface area contributed by atoms with Gasteiger partial charge in [-0.2, -0.15) is 0 Å². The van der Waals surface area contributed by atoms with E-state index in [1.807, 2.05) is 62.3 Å². The van der Waals surface area contributed by atoms with Crippen LogP contribution in [0.3, 0.4) is 0 Å². The smallest absolute Gasteiger partial charge is 0.407 e. The van der Waals surface area contributed by atoms with Crippen LogP contribution in [0, 0.1) is 32.5 Å². The number of rotatable bonds is 18. The Hall–Kier alpha value is -5.97. The summed E-state index contributed by atoms with van der Waals surface area (Å²) in [5.41, 5.74) is 9.21. The third-order valence-electron chi connectivity index (χ3n) is 13.6. The molecule has 0 radical (unpaired) electrons. The van der Waals surface area contributed by atoms with Crippen LogP contribution in [0.5, 0.6) is 0 Å². The highest BCUT2D eigenvalue weighted by Crippen LogP contribution is 2.49. The summed E-state index contributed by atoms with van der Waals surface area (Å²) in [5, 5.41) is 8.76. The molecule has 0 aromatic carbocycles. The van der Waals surface area contributed by atoms with E-state index in [0.717, 1.165) is 13.7 Å². The number of nitrogens with one attached hydrogen (secondary N) is 3. The van der Waals surface area contributed by atoms with Crippen molar-refractivity contribution in [2.24, 2.45) is 49.7 Å². The van der Waals surface area contributed by atoms with Crippen molar-refractivity contribution in [2.75, 3.05) is 19.8 Å². The lowest BCUT2D eigenvalue weighted by Crippen LogP contribution is -2.60. The number of hydrogen-bond donors (Lipinski definition) is 6. The van der Waals surface area contributed by atoms with Gasteiger partial charge in [0.15, 0.2) is 0 Å². The number of carbonyl (C=O) groups is 6. The second-order valence-corrected chi connectivity index (χ2v) is 24.3. The summed E-state index contributed by atoms with van der Waals surface area (Å²) in [6, 6.07) is -1.39.